The first kappa shape index (κ1) is 25.2. The van der Waals surface area contributed by atoms with Crippen LogP contribution in [0.15, 0.2) is 54.6 Å². The van der Waals surface area contributed by atoms with E-state index in [4.69, 9.17) is 4.74 Å². The van der Waals surface area contributed by atoms with Crippen LogP contribution in [-0.2, 0) is 12.1 Å². The highest BCUT2D eigenvalue weighted by Gasteiger charge is 2.34. The van der Waals surface area contributed by atoms with E-state index in [2.05, 4.69) is 4.98 Å². The number of nitrogens with zero attached hydrogens (tertiary/aromatic N) is 3. The number of pyridine rings is 1. The third-order valence-electron chi connectivity index (χ3n) is 5.93. The van der Waals surface area contributed by atoms with E-state index in [0.717, 1.165) is 0 Å². The Morgan fingerprint density at radius 1 is 1.14 bits per heavy atom. The zero-order chi connectivity index (χ0) is 26.2. The highest BCUT2D eigenvalue weighted by Crippen LogP contribution is 2.38. The van der Waals surface area contributed by atoms with Crippen LogP contribution >= 0.6 is 0 Å². The topological polar surface area (TPSA) is 83.0 Å². The van der Waals surface area contributed by atoms with Crippen LogP contribution in [0, 0.1) is 0 Å². The van der Waals surface area contributed by atoms with Crippen molar-refractivity contribution in [3.63, 3.8) is 0 Å². The molecule has 1 aliphatic heterocycles. The van der Waals surface area contributed by atoms with Crippen LogP contribution in [-0.4, -0.2) is 53.9 Å². The van der Waals surface area contributed by atoms with Gasteiger partial charge in [-0.05, 0) is 49.7 Å². The third-order valence-corrected chi connectivity index (χ3v) is 5.93. The van der Waals surface area contributed by atoms with Crippen molar-refractivity contribution in [3.8, 4) is 17.0 Å². The average molecular weight is 496 g/mol. The van der Waals surface area contributed by atoms with Crippen molar-refractivity contribution in [1.29, 1.82) is 0 Å². The van der Waals surface area contributed by atoms with Crippen molar-refractivity contribution in [2.75, 3.05) is 25.6 Å². The lowest BCUT2D eigenvalue weighted by atomic mass is 9.98. The Balaban J connectivity index is 1.82. The summed E-state index contributed by atoms with van der Waals surface area (Å²) in [6.45, 7) is 2.72. The molecule has 3 aromatic rings. The van der Waals surface area contributed by atoms with Crippen molar-refractivity contribution in [3.05, 3.63) is 77.0 Å². The number of hydrogen-bond acceptors (Lipinski definition) is 5. The Bertz CT molecular complexity index is 1300. The molecule has 1 aliphatic rings. The molecule has 1 N–H and O–H groups in total. The maximum absolute atomic E-state index is 13.5. The summed E-state index contributed by atoms with van der Waals surface area (Å²) in [5.41, 5.74) is 1.94. The van der Waals surface area contributed by atoms with Gasteiger partial charge in [0.05, 0.1) is 17.8 Å². The van der Waals surface area contributed by atoms with Gasteiger partial charge in [-0.3, -0.25) is 9.59 Å². The van der Waals surface area contributed by atoms with Crippen LogP contribution in [0.5, 0.6) is 5.75 Å². The monoisotopic (exact) mass is 495 g/mol. The van der Waals surface area contributed by atoms with Crippen molar-refractivity contribution in [1.82, 2.24) is 9.88 Å². The maximum atomic E-state index is 13.5. The number of amides is 2. The number of para-hydroxylation sites is 1. The molecule has 0 spiro atoms. The first-order valence-electron chi connectivity index (χ1n) is 11.4. The van der Waals surface area contributed by atoms with E-state index >= 15 is 0 Å². The Kier molecular flexibility index (Phi) is 6.77. The quantitative estimate of drug-likeness (QED) is 0.523. The number of fused-ring (bicyclic) bond motifs is 1. The SMILES string of the molecule is CN(C)C(=O)c1cc2c(c(-c3ccccc3OCC(F)F)n1)CN(c1ccc(C(C)(C)O)cc1)C2=O. The maximum Gasteiger partial charge on any atom is 0.272 e. The number of carbonyl (C=O) groups is 2. The van der Waals surface area contributed by atoms with E-state index in [-0.39, 0.29) is 23.9 Å². The van der Waals surface area contributed by atoms with Crippen LogP contribution in [0.2, 0.25) is 0 Å². The fourth-order valence-electron chi connectivity index (χ4n) is 4.06. The minimum Gasteiger partial charge on any atom is -0.487 e. The summed E-state index contributed by atoms with van der Waals surface area (Å²) in [4.78, 5) is 33.8. The first-order chi connectivity index (χ1) is 17.0. The van der Waals surface area contributed by atoms with Crippen LogP contribution in [0.3, 0.4) is 0 Å². The first-order valence-corrected chi connectivity index (χ1v) is 11.4. The summed E-state index contributed by atoms with van der Waals surface area (Å²) in [6.07, 6.45) is -2.66. The Morgan fingerprint density at radius 2 is 1.81 bits per heavy atom. The van der Waals surface area contributed by atoms with Gasteiger partial charge in [0.15, 0.2) is 0 Å². The largest absolute Gasteiger partial charge is 0.487 e. The number of ether oxygens (including phenoxy) is 1. The third kappa shape index (κ3) is 4.92. The van der Waals surface area contributed by atoms with E-state index in [1.165, 1.54) is 11.0 Å². The molecule has 188 valence electrons. The van der Waals surface area contributed by atoms with Gasteiger partial charge in [0.1, 0.15) is 18.1 Å². The molecule has 7 nitrogen and oxygen atoms in total. The van der Waals surface area contributed by atoms with Crippen molar-refractivity contribution in [2.45, 2.75) is 32.4 Å². The molecule has 0 saturated carbocycles. The smallest absolute Gasteiger partial charge is 0.272 e. The number of aromatic nitrogens is 1. The molecule has 0 atom stereocenters. The van der Waals surface area contributed by atoms with Gasteiger partial charge in [0.2, 0.25) is 0 Å². The molecule has 1 aromatic heterocycles. The second-order valence-corrected chi connectivity index (χ2v) is 9.28. The van der Waals surface area contributed by atoms with Crippen LogP contribution < -0.4 is 9.64 Å². The summed E-state index contributed by atoms with van der Waals surface area (Å²) in [5, 5.41) is 10.2. The zero-order valence-electron chi connectivity index (χ0n) is 20.5. The summed E-state index contributed by atoms with van der Waals surface area (Å²) in [5.74, 6) is -0.531. The summed E-state index contributed by atoms with van der Waals surface area (Å²) >= 11 is 0. The van der Waals surface area contributed by atoms with Gasteiger partial charge in [0.25, 0.3) is 18.2 Å². The second-order valence-electron chi connectivity index (χ2n) is 9.28. The summed E-state index contributed by atoms with van der Waals surface area (Å²) in [6, 6.07) is 15.0. The van der Waals surface area contributed by atoms with Gasteiger partial charge in [-0.25, -0.2) is 13.8 Å². The predicted molar refractivity (Wildman–Crippen MR) is 131 cm³/mol. The number of hydrogen-bond donors (Lipinski definition) is 1. The van der Waals surface area contributed by atoms with Gasteiger partial charge < -0.3 is 19.6 Å². The number of anilines is 1. The summed E-state index contributed by atoms with van der Waals surface area (Å²) < 4.78 is 31.1. The predicted octanol–water partition coefficient (Wildman–Crippen LogP) is 4.48. The van der Waals surface area contributed by atoms with Crippen molar-refractivity contribution >= 4 is 17.5 Å². The minimum absolute atomic E-state index is 0.0602. The van der Waals surface area contributed by atoms with E-state index in [0.29, 0.717) is 33.6 Å². The van der Waals surface area contributed by atoms with E-state index in [1.807, 2.05) is 0 Å². The molecule has 2 heterocycles. The molecule has 2 amide bonds. The fraction of sp³-hybridized carbons (Fsp3) is 0.296. The number of alkyl halides is 2. The number of carbonyl (C=O) groups excluding carboxylic acids is 2. The van der Waals surface area contributed by atoms with Crippen molar-refractivity contribution < 1.29 is 28.2 Å². The minimum atomic E-state index is -2.66. The fourth-order valence-corrected chi connectivity index (χ4v) is 4.06. The molecule has 0 bridgehead atoms. The highest BCUT2D eigenvalue weighted by molar-refractivity contribution is 6.12. The van der Waals surface area contributed by atoms with Crippen LogP contribution in [0.1, 0.15) is 45.8 Å². The zero-order valence-corrected chi connectivity index (χ0v) is 20.5. The van der Waals surface area contributed by atoms with Gasteiger partial charge in [-0.1, -0.05) is 24.3 Å². The lowest BCUT2D eigenvalue weighted by Crippen LogP contribution is -2.24. The molecule has 0 fully saturated rings. The molecule has 0 radical (unpaired) electrons. The standard InChI is InChI=1S/C27H27F2N3O4/c1-27(2,35)16-9-11-17(12-10-16)32-14-20-19(25(32)33)13-21(26(34)31(3)4)30-24(20)18-7-5-6-8-22(18)36-15-23(28)29/h5-13,23,35H,14-15H2,1-4H3. The number of aliphatic hydroxyl groups is 1. The Labute approximate surface area is 207 Å². The van der Waals surface area contributed by atoms with E-state index < -0.39 is 24.5 Å². The molecule has 4 rings (SSSR count). The molecular weight excluding hydrogens is 468 g/mol. The van der Waals surface area contributed by atoms with E-state index in [9.17, 15) is 23.5 Å². The van der Waals surface area contributed by atoms with Gasteiger partial charge >= 0.3 is 0 Å². The lowest BCUT2D eigenvalue weighted by molar-refractivity contribution is 0.0785. The highest BCUT2D eigenvalue weighted by atomic mass is 19.3. The van der Waals surface area contributed by atoms with E-state index in [1.54, 1.807) is 81.4 Å². The molecule has 0 aliphatic carbocycles. The Hall–Kier alpha value is -3.85. The molecule has 9 heteroatoms. The molecular formula is C27H27F2N3O4. The second kappa shape index (κ2) is 9.66. The van der Waals surface area contributed by atoms with Gasteiger partial charge in [-0.2, -0.15) is 0 Å². The molecule has 0 saturated heterocycles. The van der Waals surface area contributed by atoms with Gasteiger partial charge in [0, 0.05) is 36.5 Å². The van der Waals surface area contributed by atoms with Gasteiger partial charge in [-0.15, -0.1) is 0 Å². The molecule has 36 heavy (non-hydrogen) atoms. The lowest BCUT2D eigenvalue weighted by Gasteiger charge is -2.20. The number of halogens is 2. The normalized spacial score (nSPS) is 13.2. The number of benzene rings is 2. The van der Waals surface area contributed by atoms with Crippen molar-refractivity contribution in [2.24, 2.45) is 0 Å². The molecule has 2 aromatic carbocycles. The average Bonchev–Trinajstić information content (AvgIpc) is 3.17. The summed E-state index contributed by atoms with van der Waals surface area (Å²) in [7, 11) is 3.16. The Morgan fingerprint density at radius 3 is 2.42 bits per heavy atom. The van der Waals surface area contributed by atoms with Crippen LogP contribution in [0.25, 0.3) is 11.3 Å². The molecule has 0 unspecified atom stereocenters. The number of rotatable bonds is 7. The van der Waals surface area contributed by atoms with Crippen LogP contribution in [0.4, 0.5) is 14.5 Å².